The van der Waals surface area contributed by atoms with Gasteiger partial charge in [0.2, 0.25) is 5.91 Å². The average molecular weight is 362 g/mol. The average Bonchev–Trinajstić information content (AvgIpc) is 2.71. The first-order valence-electron chi connectivity index (χ1n) is 9.24. The van der Waals surface area contributed by atoms with Gasteiger partial charge in [0.1, 0.15) is 6.33 Å². The van der Waals surface area contributed by atoms with Gasteiger partial charge in [-0.25, -0.2) is 9.66 Å². The summed E-state index contributed by atoms with van der Waals surface area (Å²) in [6.45, 7) is 2.51. The zero-order valence-corrected chi connectivity index (χ0v) is 15.0. The normalized spacial score (nSPS) is 17.7. The summed E-state index contributed by atoms with van der Waals surface area (Å²) in [5, 5.41) is 0.495. The zero-order chi connectivity index (χ0) is 18.6. The Hall–Kier alpha value is -2.99. The van der Waals surface area contributed by atoms with Crippen LogP contribution in [0.15, 0.2) is 65.7 Å². The molecule has 1 aliphatic rings. The van der Waals surface area contributed by atoms with Crippen molar-refractivity contribution in [3.8, 4) is 0 Å². The first kappa shape index (κ1) is 17.4. The number of fused-ring (bicyclic) bond motifs is 1. The van der Waals surface area contributed by atoms with Gasteiger partial charge in [-0.2, -0.15) is 0 Å². The molecule has 1 aliphatic heterocycles. The SMILES string of the molecule is O=C(Nn1cnc2ccccc2c1=O)C1CCCN(Cc2ccccc2)C1. The molecule has 1 aromatic heterocycles. The fourth-order valence-electron chi connectivity index (χ4n) is 3.61. The van der Waals surface area contributed by atoms with Crippen LogP contribution in [0.2, 0.25) is 0 Å². The molecule has 0 bridgehead atoms. The molecule has 6 nitrogen and oxygen atoms in total. The molecular formula is C21H22N4O2. The van der Waals surface area contributed by atoms with E-state index in [0.29, 0.717) is 17.4 Å². The number of carbonyl (C=O) groups excluding carboxylic acids is 1. The maximum absolute atomic E-state index is 12.7. The number of benzene rings is 2. The lowest BCUT2D eigenvalue weighted by molar-refractivity contribution is -0.122. The van der Waals surface area contributed by atoms with Gasteiger partial charge in [0.15, 0.2) is 0 Å². The summed E-state index contributed by atoms with van der Waals surface area (Å²) in [7, 11) is 0. The van der Waals surface area contributed by atoms with Crippen molar-refractivity contribution in [1.29, 1.82) is 0 Å². The molecule has 138 valence electrons. The Morgan fingerprint density at radius 1 is 1.11 bits per heavy atom. The number of aromatic nitrogens is 2. The van der Waals surface area contributed by atoms with E-state index in [2.05, 4.69) is 27.4 Å². The summed E-state index contributed by atoms with van der Waals surface area (Å²) in [6.07, 6.45) is 3.18. The van der Waals surface area contributed by atoms with E-state index in [-0.39, 0.29) is 17.4 Å². The first-order chi connectivity index (χ1) is 13.2. The summed E-state index contributed by atoms with van der Waals surface area (Å²) in [4.78, 5) is 31.8. The van der Waals surface area contributed by atoms with Gasteiger partial charge >= 0.3 is 0 Å². The van der Waals surface area contributed by atoms with Gasteiger partial charge in [-0.05, 0) is 37.1 Å². The summed E-state index contributed by atoms with van der Waals surface area (Å²) in [5.74, 6) is -0.271. The van der Waals surface area contributed by atoms with Crippen LogP contribution in [0.4, 0.5) is 0 Å². The molecule has 3 aromatic rings. The lowest BCUT2D eigenvalue weighted by Crippen LogP contribution is -2.43. The highest BCUT2D eigenvalue weighted by Crippen LogP contribution is 2.19. The molecule has 6 heteroatoms. The summed E-state index contributed by atoms with van der Waals surface area (Å²) < 4.78 is 1.20. The molecule has 1 N–H and O–H groups in total. The third kappa shape index (κ3) is 3.90. The number of piperidine rings is 1. The molecule has 2 heterocycles. The summed E-state index contributed by atoms with van der Waals surface area (Å²) in [5.41, 5.74) is 4.34. The van der Waals surface area contributed by atoms with Crippen molar-refractivity contribution in [3.63, 3.8) is 0 Å². The minimum absolute atomic E-state index is 0.132. The van der Waals surface area contributed by atoms with Crippen LogP contribution in [0.5, 0.6) is 0 Å². The van der Waals surface area contributed by atoms with E-state index in [0.717, 1.165) is 25.9 Å². The Kier molecular flexibility index (Phi) is 4.98. The van der Waals surface area contributed by atoms with E-state index < -0.39 is 0 Å². The van der Waals surface area contributed by atoms with Gasteiger partial charge in [-0.1, -0.05) is 42.5 Å². The number of likely N-dealkylation sites (tertiary alicyclic amines) is 1. The van der Waals surface area contributed by atoms with E-state index in [4.69, 9.17) is 0 Å². The maximum atomic E-state index is 12.7. The molecule has 1 unspecified atom stereocenters. The highest BCUT2D eigenvalue weighted by Gasteiger charge is 2.26. The fourth-order valence-corrected chi connectivity index (χ4v) is 3.61. The number of para-hydroxylation sites is 1. The molecular weight excluding hydrogens is 340 g/mol. The monoisotopic (exact) mass is 362 g/mol. The number of carbonyl (C=O) groups is 1. The van der Waals surface area contributed by atoms with Gasteiger partial charge in [0.05, 0.1) is 16.8 Å². The van der Waals surface area contributed by atoms with Crippen molar-refractivity contribution in [2.24, 2.45) is 5.92 Å². The molecule has 0 saturated carbocycles. The smallest absolute Gasteiger partial charge is 0.280 e. The standard InChI is InChI=1S/C21H22N4O2/c26-20(23-25-15-22-19-11-5-4-10-18(19)21(25)27)17-9-6-12-24(14-17)13-16-7-2-1-3-8-16/h1-5,7-8,10-11,15,17H,6,9,12-14H2,(H,23,26). The zero-order valence-electron chi connectivity index (χ0n) is 15.0. The molecule has 1 saturated heterocycles. The lowest BCUT2D eigenvalue weighted by Gasteiger charge is -2.32. The summed E-state index contributed by atoms with van der Waals surface area (Å²) in [6, 6.07) is 17.4. The van der Waals surface area contributed by atoms with E-state index >= 15 is 0 Å². The van der Waals surface area contributed by atoms with E-state index in [1.165, 1.54) is 16.6 Å². The number of nitrogens with one attached hydrogen (secondary N) is 1. The molecule has 0 spiro atoms. The van der Waals surface area contributed by atoms with Crippen molar-refractivity contribution in [2.45, 2.75) is 19.4 Å². The third-order valence-corrected chi connectivity index (χ3v) is 5.02. The highest BCUT2D eigenvalue weighted by atomic mass is 16.2. The van der Waals surface area contributed by atoms with Crippen molar-refractivity contribution in [3.05, 3.63) is 76.8 Å². The molecule has 1 atom stereocenters. The molecule has 0 radical (unpaired) electrons. The van der Waals surface area contributed by atoms with Gasteiger partial charge in [0, 0.05) is 13.1 Å². The molecule has 1 amide bonds. The van der Waals surface area contributed by atoms with Crippen LogP contribution in [-0.4, -0.2) is 33.6 Å². The second-order valence-electron chi connectivity index (χ2n) is 6.97. The molecule has 0 aliphatic carbocycles. The first-order valence-corrected chi connectivity index (χ1v) is 9.24. The van der Waals surface area contributed by atoms with Crippen molar-refractivity contribution >= 4 is 16.8 Å². The van der Waals surface area contributed by atoms with Crippen molar-refractivity contribution in [2.75, 3.05) is 18.5 Å². The molecule has 1 fully saturated rings. The third-order valence-electron chi connectivity index (χ3n) is 5.02. The Morgan fingerprint density at radius 3 is 2.74 bits per heavy atom. The van der Waals surface area contributed by atoms with E-state index in [1.807, 2.05) is 24.3 Å². The topological polar surface area (TPSA) is 67.2 Å². The Morgan fingerprint density at radius 2 is 1.89 bits per heavy atom. The fraction of sp³-hybridized carbons (Fsp3) is 0.286. The summed E-state index contributed by atoms with van der Waals surface area (Å²) >= 11 is 0. The molecule has 2 aromatic carbocycles. The van der Waals surface area contributed by atoms with Crippen LogP contribution in [-0.2, 0) is 11.3 Å². The lowest BCUT2D eigenvalue weighted by atomic mass is 9.97. The Bertz CT molecular complexity index is 1000. The Labute approximate surface area is 157 Å². The van der Waals surface area contributed by atoms with Gasteiger partial charge < -0.3 is 0 Å². The van der Waals surface area contributed by atoms with Crippen LogP contribution in [0.25, 0.3) is 10.9 Å². The van der Waals surface area contributed by atoms with Crippen LogP contribution in [0.3, 0.4) is 0 Å². The number of amides is 1. The van der Waals surface area contributed by atoms with E-state index in [1.54, 1.807) is 18.2 Å². The number of nitrogens with zero attached hydrogens (tertiary/aromatic N) is 3. The Balaban J connectivity index is 1.45. The largest absolute Gasteiger partial charge is 0.298 e. The highest BCUT2D eigenvalue weighted by molar-refractivity contribution is 5.86. The number of hydrogen-bond donors (Lipinski definition) is 1. The minimum Gasteiger partial charge on any atom is -0.298 e. The predicted octanol–water partition coefficient (Wildman–Crippen LogP) is 2.38. The van der Waals surface area contributed by atoms with E-state index in [9.17, 15) is 9.59 Å². The van der Waals surface area contributed by atoms with Gasteiger partial charge in [0.25, 0.3) is 5.56 Å². The van der Waals surface area contributed by atoms with Crippen molar-refractivity contribution < 1.29 is 4.79 Å². The molecule has 27 heavy (non-hydrogen) atoms. The van der Waals surface area contributed by atoms with Gasteiger partial charge in [-0.15, -0.1) is 0 Å². The predicted molar refractivity (Wildman–Crippen MR) is 105 cm³/mol. The quantitative estimate of drug-likeness (QED) is 0.774. The second kappa shape index (κ2) is 7.72. The maximum Gasteiger partial charge on any atom is 0.280 e. The van der Waals surface area contributed by atoms with Crippen LogP contribution < -0.4 is 11.0 Å². The van der Waals surface area contributed by atoms with Crippen LogP contribution in [0, 0.1) is 5.92 Å². The second-order valence-corrected chi connectivity index (χ2v) is 6.97. The number of rotatable bonds is 4. The van der Waals surface area contributed by atoms with Crippen molar-refractivity contribution in [1.82, 2.24) is 14.6 Å². The minimum atomic E-state index is -0.258. The van der Waals surface area contributed by atoms with Crippen LogP contribution >= 0.6 is 0 Å². The number of hydrogen-bond acceptors (Lipinski definition) is 4. The van der Waals surface area contributed by atoms with Gasteiger partial charge in [-0.3, -0.25) is 19.9 Å². The van der Waals surface area contributed by atoms with Crippen LogP contribution in [0.1, 0.15) is 18.4 Å². The molecule has 4 rings (SSSR count).